The van der Waals surface area contributed by atoms with Crippen LogP contribution in [0.15, 0.2) is 40.8 Å². The Balaban J connectivity index is 1.72. The lowest BCUT2D eigenvalue weighted by molar-refractivity contribution is -0.119. The summed E-state index contributed by atoms with van der Waals surface area (Å²) < 4.78 is 36.3. The van der Waals surface area contributed by atoms with Crippen LogP contribution in [0, 0.1) is 23.0 Å². The number of fused-ring (bicyclic) bond motifs is 1. The maximum Gasteiger partial charge on any atom is 0.340 e. The number of nitriles is 1. The number of hydrogen-bond acceptors (Lipinski definition) is 5. The van der Waals surface area contributed by atoms with Gasteiger partial charge in [0, 0.05) is 5.39 Å². The van der Waals surface area contributed by atoms with Crippen LogP contribution in [-0.2, 0) is 9.53 Å². The monoisotopic (exact) mass is 390 g/mol. The SMILES string of the molecule is N#Cc1oc2ccccc2c1NC(=O)COC(=O)c1cc(F)c(F)cc1Cl. The summed E-state index contributed by atoms with van der Waals surface area (Å²) in [6.45, 7) is -0.738. The van der Waals surface area contributed by atoms with Crippen LogP contribution in [0.3, 0.4) is 0 Å². The van der Waals surface area contributed by atoms with Crippen molar-refractivity contribution in [2.75, 3.05) is 11.9 Å². The topological polar surface area (TPSA) is 92.3 Å². The number of para-hydroxylation sites is 1. The number of furan rings is 1. The summed E-state index contributed by atoms with van der Waals surface area (Å²) in [6, 6.07) is 9.68. The van der Waals surface area contributed by atoms with Gasteiger partial charge in [0.2, 0.25) is 5.76 Å². The van der Waals surface area contributed by atoms with E-state index in [9.17, 15) is 18.4 Å². The molecule has 9 heteroatoms. The van der Waals surface area contributed by atoms with E-state index in [-0.39, 0.29) is 16.5 Å². The molecule has 0 spiro atoms. The first-order valence-corrected chi connectivity index (χ1v) is 7.81. The number of anilines is 1. The summed E-state index contributed by atoms with van der Waals surface area (Å²) in [5.41, 5.74) is 0.116. The van der Waals surface area contributed by atoms with E-state index in [0.29, 0.717) is 23.1 Å². The van der Waals surface area contributed by atoms with Gasteiger partial charge in [-0.1, -0.05) is 23.7 Å². The summed E-state index contributed by atoms with van der Waals surface area (Å²) in [5.74, 6) is -4.47. The van der Waals surface area contributed by atoms with Crippen LogP contribution in [0.1, 0.15) is 16.1 Å². The molecule has 1 amide bonds. The fraction of sp³-hybridized carbons (Fsp3) is 0.0556. The van der Waals surface area contributed by atoms with Gasteiger partial charge in [0.05, 0.1) is 10.6 Å². The first kappa shape index (κ1) is 18.4. The quantitative estimate of drug-likeness (QED) is 0.536. The fourth-order valence-corrected chi connectivity index (χ4v) is 2.54. The minimum absolute atomic E-state index is 0.112. The molecule has 0 aliphatic rings. The molecule has 0 bridgehead atoms. The molecule has 1 aromatic heterocycles. The van der Waals surface area contributed by atoms with Gasteiger partial charge in [0.1, 0.15) is 17.3 Å². The van der Waals surface area contributed by atoms with Crippen molar-refractivity contribution in [3.63, 3.8) is 0 Å². The fourth-order valence-electron chi connectivity index (χ4n) is 2.31. The van der Waals surface area contributed by atoms with Gasteiger partial charge in [-0.15, -0.1) is 0 Å². The Morgan fingerprint density at radius 3 is 2.67 bits per heavy atom. The number of nitrogens with one attached hydrogen (secondary N) is 1. The maximum absolute atomic E-state index is 13.2. The molecule has 136 valence electrons. The van der Waals surface area contributed by atoms with Gasteiger partial charge in [-0.2, -0.15) is 5.26 Å². The van der Waals surface area contributed by atoms with Gasteiger partial charge in [-0.05, 0) is 24.3 Å². The van der Waals surface area contributed by atoms with Crippen molar-refractivity contribution in [1.29, 1.82) is 5.26 Å². The average Bonchev–Trinajstić information content (AvgIpc) is 3.00. The Bertz CT molecular complexity index is 1100. The molecule has 3 rings (SSSR count). The number of nitrogens with zero attached hydrogens (tertiary/aromatic N) is 1. The van der Waals surface area contributed by atoms with Crippen molar-refractivity contribution < 1.29 is 27.5 Å². The standard InChI is InChI=1S/C18H9ClF2N2O4/c19-11-6-13(21)12(20)5-10(11)18(25)26-8-16(24)23-17-9-3-1-2-4-14(9)27-15(17)7-22/h1-6H,8H2,(H,23,24). The number of rotatable bonds is 4. The molecular weight excluding hydrogens is 382 g/mol. The number of carbonyl (C=O) groups is 2. The Hall–Kier alpha value is -3.44. The largest absolute Gasteiger partial charge is 0.452 e. The number of amides is 1. The second-order valence-electron chi connectivity index (χ2n) is 5.28. The number of halogens is 3. The molecule has 1 heterocycles. The third-order valence-corrected chi connectivity index (χ3v) is 3.84. The number of ether oxygens (including phenoxy) is 1. The summed E-state index contributed by atoms with van der Waals surface area (Å²) in [5, 5.41) is 11.7. The minimum atomic E-state index is -1.28. The maximum atomic E-state index is 13.2. The molecule has 0 radical (unpaired) electrons. The lowest BCUT2D eigenvalue weighted by Crippen LogP contribution is -2.21. The normalized spacial score (nSPS) is 10.4. The molecule has 2 aromatic carbocycles. The molecule has 0 unspecified atom stereocenters. The van der Waals surface area contributed by atoms with Crippen LogP contribution in [0.4, 0.5) is 14.5 Å². The van der Waals surface area contributed by atoms with Gasteiger partial charge in [-0.25, -0.2) is 13.6 Å². The van der Waals surface area contributed by atoms with E-state index >= 15 is 0 Å². The van der Waals surface area contributed by atoms with Crippen molar-refractivity contribution in [2.24, 2.45) is 0 Å². The molecular formula is C18H9ClF2N2O4. The van der Waals surface area contributed by atoms with Crippen LogP contribution >= 0.6 is 11.6 Å². The van der Waals surface area contributed by atoms with Crippen molar-refractivity contribution >= 4 is 40.1 Å². The highest BCUT2D eigenvalue weighted by Gasteiger charge is 2.19. The number of carbonyl (C=O) groups excluding carboxylic acids is 2. The molecule has 0 saturated carbocycles. The van der Waals surface area contributed by atoms with Crippen molar-refractivity contribution in [3.05, 3.63) is 64.4 Å². The van der Waals surface area contributed by atoms with Crippen LogP contribution in [0.25, 0.3) is 11.0 Å². The van der Waals surface area contributed by atoms with E-state index in [4.69, 9.17) is 26.0 Å². The van der Waals surface area contributed by atoms with Crippen LogP contribution in [0.5, 0.6) is 0 Å². The lowest BCUT2D eigenvalue weighted by Gasteiger charge is -2.07. The Kier molecular flexibility index (Phi) is 5.05. The van der Waals surface area contributed by atoms with E-state index in [0.717, 1.165) is 0 Å². The molecule has 6 nitrogen and oxygen atoms in total. The van der Waals surface area contributed by atoms with Gasteiger partial charge in [0.15, 0.2) is 18.2 Å². The zero-order valence-corrected chi connectivity index (χ0v) is 14.1. The van der Waals surface area contributed by atoms with Crippen molar-refractivity contribution in [1.82, 2.24) is 0 Å². The van der Waals surface area contributed by atoms with Gasteiger partial charge in [0.25, 0.3) is 5.91 Å². The second-order valence-corrected chi connectivity index (χ2v) is 5.69. The molecule has 3 aromatic rings. The first-order valence-electron chi connectivity index (χ1n) is 7.44. The average molecular weight is 391 g/mol. The summed E-state index contributed by atoms with van der Waals surface area (Å²) in [4.78, 5) is 24.0. The minimum Gasteiger partial charge on any atom is -0.452 e. The molecule has 0 fully saturated rings. The molecule has 0 aliphatic heterocycles. The number of esters is 1. The molecule has 1 N–H and O–H groups in total. The highest BCUT2D eigenvalue weighted by Crippen LogP contribution is 2.30. The van der Waals surface area contributed by atoms with E-state index in [1.54, 1.807) is 24.3 Å². The van der Waals surface area contributed by atoms with E-state index < -0.39 is 35.7 Å². The van der Waals surface area contributed by atoms with Gasteiger partial charge < -0.3 is 14.5 Å². The van der Waals surface area contributed by atoms with Crippen LogP contribution in [0.2, 0.25) is 5.02 Å². The first-order chi connectivity index (χ1) is 12.9. The Morgan fingerprint density at radius 1 is 1.22 bits per heavy atom. The second kappa shape index (κ2) is 7.43. The van der Waals surface area contributed by atoms with E-state index in [2.05, 4.69) is 5.32 Å². The highest BCUT2D eigenvalue weighted by atomic mass is 35.5. The van der Waals surface area contributed by atoms with Crippen LogP contribution in [-0.4, -0.2) is 18.5 Å². The predicted octanol–water partition coefficient (Wildman–Crippen LogP) is 4.03. The lowest BCUT2D eigenvalue weighted by atomic mass is 10.2. The third kappa shape index (κ3) is 3.73. The Labute approximate surface area is 155 Å². The van der Waals surface area contributed by atoms with E-state index in [1.807, 2.05) is 6.07 Å². The van der Waals surface area contributed by atoms with Crippen LogP contribution < -0.4 is 5.32 Å². The third-order valence-electron chi connectivity index (χ3n) is 3.53. The molecule has 0 atom stereocenters. The zero-order chi connectivity index (χ0) is 19.6. The molecule has 27 heavy (non-hydrogen) atoms. The summed E-state index contributed by atoms with van der Waals surface area (Å²) in [7, 11) is 0. The van der Waals surface area contributed by atoms with Gasteiger partial charge >= 0.3 is 5.97 Å². The number of benzene rings is 2. The smallest absolute Gasteiger partial charge is 0.340 e. The highest BCUT2D eigenvalue weighted by molar-refractivity contribution is 6.33. The van der Waals surface area contributed by atoms with Crippen molar-refractivity contribution in [2.45, 2.75) is 0 Å². The number of hydrogen-bond donors (Lipinski definition) is 1. The Morgan fingerprint density at radius 2 is 1.93 bits per heavy atom. The zero-order valence-electron chi connectivity index (χ0n) is 13.4. The van der Waals surface area contributed by atoms with E-state index in [1.165, 1.54) is 0 Å². The predicted molar refractivity (Wildman–Crippen MR) is 91.2 cm³/mol. The van der Waals surface area contributed by atoms with Gasteiger partial charge in [-0.3, -0.25) is 4.79 Å². The molecule has 0 saturated heterocycles. The summed E-state index contributed by atoms with van der Waals surface area (Å²) >= 11 is 5.68. The molecule has 0 aliphatic carbocycles. The summed E-state index contributed by atoms with van der Waals surface area (Å²) in [6.07, 6.45) is 0. The van der Waals surface area contributed by atoms with Crippen molar-refractivity contribution in [3.8, 4) is 6.07 Å².